The summed E-state index contributed by atoms with van der Waals surface area (Å²) in [6.07, 6.45) is 12.0. The molecule has 1 saturated carbocycles. The molecule has 9 nitrogen and oxygen atoms in total. The van der Waals surface area contributed by atoms with E-state index in [-0.39, 0.29) is 19.4 Å². The molecule has 5 heterocycles. The lowest BCUT2D eigenvalue weighted by molar-refractivity contribution is 0.0930. The molecule has 0 radical (unpaired) electrons. The molecular weight excluding hydrogens is 452 g/mol. The zero-order valence-electron chi connectivity index (χ0n) is 19.5. The lowest BCUT2D eigenvalue weighted by atomic mass is 9.86. The molecule has 184 valence electrons. The summed E-state index contributed by atoms with van der Waals surface area (Å²) in [6.45, 7) is 3.34. The number of nitrogens with zero attached hydrogens (tertiary/aromatic N) is 6. The van der Waals surface area contributed by atoms with Crippen molar-refractivity contribution >= 4 is 22.6 Å². The highest BCUT2D eigenvalue weighted by Crippen LogP contribution is 2.37. The van der Waals surface area contributed by atoms with Gasteiger partial charge in [0, 0.05) is 48.7 Å². The molecule has 36 heavy (non-hydrogen) atoms. The normalized spacial score (nSPS) is 17.1. The summed E-state index contributed by atoms with van der Waals surface area (Å²) in [6, 6.07) is 10.2. The molecule has 6 rings (SSSR count). The van der Waals surface area contributed by atoms with Gasteiger partial charge in [0.05, 0.1) is 30.6 Å². The predicted octanol–water partition coefficient (Wildman–Crippen LogP) is 4.11. The van der Waals surface area contributed by atoms with Crippen LogP contribution < -0.4 is 10.2 Å². The first-order valence-corrected chi connectivity index (χ1v) is 11.9. The molecule has 0 spiro atoms. The monoisotopic (exact) mass is 482 g/mol. The molecule has 1 amide bonds. The fourth-order valence-electron chi connectivity index (χ4n) is 4.97. The number of rotatable bonds is 7. The maximum Gasteiger partial charge on any atom is 0.270 e. The number of carbonyl (C=O) groups excluding carboxylic acids is 1. The number of aromatic amines is 1. The zero-order valence-corrected chi connectivity index (χ0v) is 19.5. The second-order valence-corrected chi connectivity index (χ2v) is 9.69. The summed E-state index contributed by atoms with van der Waals surface area (Å²) in [4.78, 5) is 26.5. The van der Waals surface area contributed by atoms with Crippen molar-refractivity contribution in [3.05, 3.63) is 60.9 Å². The third-order valence-electron chi connectivity index (χ3n) is 7.25. The van der Waals surface area contributed by atoms with Crippen LogP contribution in [-0.4, -0.2) is 49.8 Å². The maximum absolute atomic E-state index is 12.5. The molecule has 1 saturated heterocycles. The van der Waals surface area contributed by atoms with Gasteiger partial charge in [-0.15, -0.1) is 0 Å². The number of amides is 1. The fourth-order valence-corrected chi connectivity index (χ4v) is 4.97. The Kier molecular flexibility index (Phi) is 5.96. The summed E-state index contributed by atoms with van der Waals surface area (Å²) in [5.41, 5.74) is 3.83. The first kappa shape index (κ1) is 23.5. The number of H-pyrrole nitrogens is 1. The van der Waals surface area contributed by atoms with Crippen LogP contribution in [0.3, 0.4) is 0 Å². The van der Waals surface area contributed by atoms with E-state index in [4.69, 9.17) is 0 Å². The van der Waals surface area contributed by atoms with E-state index in [1.165, 1.54) is 12.8 Å². The van der Waals surface area contributed by atoms with Crippen molar-refractivity contribution in [2.24, 2.45) is 5.92 Å². The maximum atomic E-state index is 12.5. The number of hydrogen-bond acceptors (Lipinski definition) is 6. The van der Waals surface area contributed by atoms with Crippen LogP contribution in [-0.2, 0) is 5.54 Å². The number of pyridine rings is 2. The Bertz CT molecular complexity index is 1420. The first-order chi connectivity index (χ1) is 17.1. The first-order valence-electron chi connectivity index (χ1n) is 11.9. The number of anilines is 1. The fraction of sp³-hybridized carbons (Fsp3) is 0.370. The standard InChI is InChI=1S/C26H26N8O.CH4/c1-17(18-2-3-18)32-25(35)23-5-4-20(13-30-23)33-15-26(16-33,8-9-27)34-14-19(12-31-34)21-6-10-28-24-22(21)7-11-29-24;/h4-7,10-14,17-18H,2-3,8,15-16H2,1H3,(H,28,29)(H,32,35);1H4/t17-;/m0./s1. The molecule has 0 aromatic carbocycles. The van der Waals surface area contributed by atoms with E-state index in [0.717, 1.165) is 27.8 Å². The highest BCUT2D eigenvalue weighted by atomic mass is 16.1. The van der Waals surface area contributed by atoms with Gasteiger partial charge in [-0.25, -0.2) is 9.97 Å². The largest absolute Gasteiger partial charge is 0.365 e. The second kappa shape index (κ2) is 9.11. The Labute approximate surface area is 210 Å². The van der Waals surface area contributed by atoms with Crippen molar-refractivity contribution in [2.75, 3.05) is 18.0 Å². The third kappa shape index (κ3) is 4.09. The van der Waals surface area contributed by atoms with Gasteiger partial charge in [0.25, 0.3) is 5.91 Å². The van der Waals surface area contributed by atoms with Gasteiger partial charge in [0.1, 0.15) is 16.9 Å². The highest BCUT2D eigenvalue weighted by Gasteiger charge is 2.45. The van der Waals surface area contributed by atoms with Crippen molar-refractivity contribution in [2.45, 2.75) is 45.2 Å². The van der Waals surface area contributed by atoms with Crippen LogP contribution in [0.4, 0.5) is 5.69 Å². The molecule has 0 bridgehead atoms. The number of aromatic nitrogens is 5. The van der Waals surface area contributed by atoms with Crippen LogP contribution in [0.1, 0.15) is 44.1 Å². The Hall–Kier alpha value is -4.19. The molecule has 1 atom stereocenters. The lowest BCUT2D eigenvalue weighted by Gasteiger charge is -2.50. The van der Waals surface area contributed by atoms with Gasteiger partial charge < -0.3 is 15.2 Å². The number of hydrogen-bond donors (Lipinski definition) is 2. The van der Waals surface area contributed by atoms with Crippen LogP contribution >= 0.6 is 0 Å². The van der Waals surface area contributed by atoms with Crippen LogP contribution in [0.25, 0.3) is 22.2 Å². The van der Waals surface area contributed by atoms with Gasteiger partial charge in [-0.2, -0.15) is 10.4 Å². The van der Waals surface area contributed by atoms with E-state index >= 15 is 0 Å². The summed E-state index contributed by atoms with van der Waals surface area (Å²) >= 11 is 0. The van der Waals surface area contributed by atoms with Crippen LogP contribution in [0.2, 0.25) is 0 Å². The van der Waals surface area contributed by atoms with Gasteiger partial charge in [-0.05, 0) is 55.5 Å². The van der Waals surface area contributed by atoms with Gasteiger partial charge in [-0.3, -0.25) is 9.48 Å². The molecule has 4 aromatic heterocycles. The molecule has 2 N–H and O–H groups in total. The highest BCUT2D eigenvalue weighted by molar-refractivity contribution is 5.93. The zero-order chi connectivity index (χ0) is 24.0. The van der Waals surface area contributed by atoms with Gasteiger partial charge in [0.2, 0.25) is 0 Å². The Balaban J connectivity index is 0.00000267. The van der Waals surface area contributed by atoms with Crippen LogP contribution in [0.5, 0.6) is 0 Å². The van der Waals surface area contributed by atoms with E-state index in [1.54, 1.807) is 18.5 Å². The van der Waals surface area contributed by atoms with Gasteiger partial charge in [0.15, 0.2) is 0 Å². The minimum Gasteiger partial charge on any atom is -0.365 e. The van der Waals surface area contributed by atoms with Crippen LogP contribution in [0, 0.1) is 17.2 Å². The summed E-state index contributed by atoms with van der Waals surface area (Å²) in [5, 5.41) is 18.3. The van der Waals surface area contributed by atoms with Crippen molar-refractivity contribution in [3.8, 4) is 17.2 Å². The Morgan fingerprint density at radius 1 is 1.25 bits per heavy atom. The number of nitriles is 1. The third-order valence-corrected chi connectivity index (χ3v) is 7.25. The van der Waals surface area contributed by atoms with Crippen molar-refractivity contribution in [3.63, 3.8) is 0 Å². The lowest BCUT2D eigenvalue weighted by Crippen LogP contribution is -2.63. The minimum atomic E-state index is -0.410. The molecule has 2 fully saturated rings. The van der Waals surface area contributed by atoms with Crippen LogP contribution in [0.15, 0.2) is 55.2 Å². The van der Waals surface area contributed by atoms with E-state index in [1.807, 2.05) is 41.5 Å². The molecule has 0 unspecified atom stereocenters. The van der Waals surface area contributed by atoms with Gasteiger partial charge in [-0.1, -0.05) is 7.43 Å². The number of fused-ring (bicyclic) bond motifs is 1. The van der Waals surface area contributed by atoms with E-state index < -0.39 is 5.54 Å². The van der Waals surface area contributed by atoms with Crippen molar-refractivity contribution < 1.29 is 4.79 Å². The molecular formula is C27H30N8O. The average Bonchev–Trinajstić information content (AvgIpc) is 3.39. The molecule has 4 aromatic rings. The topological polar surface area (TPSA) is 116 Å². The molecule has 9 heteroatoms. The predicted molar refractivity (Wildman–Crippen MR) is 138 cm³/mol. The Morgan fingerprint density at radius 3 is 2.81 bits per heavy atom. The van der Waals surface area contributed by atoms with Gasteiger partial charge >= 0.3 is 0 Å². The molecule has 1 aliphatic carbocycles. The van der Waals surface area contributed by atoms with Crippen molar-refractivity contribution in [1.82, 2.24) is 30.0 Å². The minimum absolute atomic E-state index is 0. The SMILES string of the molecule is C.C[C@H](NC(=O)c1ccc(N2CC(CC#N)(n3cc(-c4ccnc5[nH]ccc45)cn3)C2)cn1)C1CC1. The molecule has 1 aliphatic heterocycles. The summed E-state index contributed by atoms with van der Waals surface area (Å²) in [5.74, 6) is 0.470. The Morgan fingerprint density at radius 2 is 2.08 bits per heavy atom. The molecule has 2 aliphatic rings. The smallest absolute Gasteiger partial charge is 0.270 e. The summed E-state index contributed by atoms with van der Waals surface area (Å²) in [7, 11) is 0. The number of carbonyl (C=O) groups is 1. The van der Waals surface area contributed by atoms with Crippen molar-refractivity contribution in [1.29, 1.82) is 5.26 Å². The van der Waals surface area contributed by atoms with E-state index in [0.29, 0.717) is 31.1 Å². The average molecular weight is 483 g/mol. The summed E-state index contributed by atoms with van der Waals surface area (Å²) < 4.78 is 1.93. The number of nitrogens with one attached hydrogen (secondary N) is 2. The van der Waals surface area contributed by atoms with E-state index in [9.17, 15) is 10.1 Å². The second-order valence-electron chi connectivity index (χ2n) is 9.69. The quantitative estimate of drug-likeness (QED) is 0.409. The van der Waals surface area contributed by atoms with E-state index in [2.05, 4.69) is 43.3 Å².